The molecule has 0 fully saturated rings. The van der Waals surface area contributed by atoms with Crippen LogP contribution in [0.3, 0.4) is 0 Å². The molecular weight excluding hydrogens is 338 g/mol. The lowest BCUT2D eigenvalue weighted by atomic mass is 10.1. The maximum Gasteiger partial charge on any atom is 0.251 e. The largest absolute Gasteiger partial charge is 0.493 e. The first kappa shape index (κ1) is 17.4. The molecule has 3 rings (SSSR count). The van der Waals surface area contributed by atoms with Crippen LogP contribution < -0.4 is 20.1 Å². The first-order valence-corrected chi connectivity index (χ1v) is 9.05. The third-order valence-corrected chi connectivity index (χ3v) is 4.55. The number of nitrogens with one attached hydrogen (secondary N) is 2. The summed E-state index contributed by atoms with van der Waals surface area (Å²) in [5.41, 5.74) is 4.43. The predicted molar refractivity (Wildman–Crippen MR) is 97.3 cm³/mol. The van der Waals surface area contributed by atoms with Gasteiger partial charge in [0.05, 0.1) is 18.3 Å². The van der Waals surface area contributed by atoms with Crippen LogP contribution in [0, 0.1) is 0 Å². The van der Waals surface area contributed by atoms with Gasteiger partial charge >= 0.3 is 0 Å². The second-order valence-corrected chi connectivity index (χ2v) is 6.35. The van der Waals surface area contributed by atoms with Gasteiger partial charge < -0.3 is 20.1 Å². The molecule has 7 heteroatoms. The van der Waals surface area contributed by atoms with E-state index in [-0.39, 0.29) is 5.91 Å². The van der Waals surface area contributed by atoms with E-state index in [1.165, 1.54) is 16.9 Å². The molecule has 1 aromatic heterocycles. The maximum absolute atomic E-state index is 12.4. The number of ether oxygens (including phenoxy) is 2. The number of rotatable bonds is 7. The van der Waals surface area contributed by atoms with Gasteiger partial charge in [0.1, 0.15) is 6.61 Å². The topological polar surface area (TPSA) is 72.5 Å². The van der Waals surface area contributed by atoms with E-state index in [9.17, 15) is 4.79 Å². The van der Waals surface area contributed by atoms with Crippen molar-refractivity contribution in [3.63, 3.8) is 0 Å². The van der Waals surface area contributed by atoms with Crippen molar-refractivity contribution in [3.8, 4) is 11.5 Å². The fourth-order valence-electron chi connectivity index (χ4n) is 2.51. The van der Waals surface area contributed by atoms with Gasteiger partial charge in [-0.15, -0.1) is 11.3 Å². The highest BCUT2D eigenvalue weighted by molar-refractivity contribution is 7.07. The lowest BCUT2D eigenvalue weighted by Gasteiger charge is -2.15. The van der Waals surface area contributed by atoms with Gasteiger partial charge in [-0.3, -0.25) is 4.79 Å². The number of aromatic nitrogens is 1. The Morgan fingerprint density at radius 2 is 2.32 bits per heavy atom. The van der Waals surface area contributed by atoms with E-state index in [1.54, 1.807) is 30.8 Å². The fourth-order valence-corrected chi connectivity index (χ4v) is 3.06. The predicted octanol–water partition coefficient (Wildman–Crippen LogP) is 2.38. The Morgan fingerprint density at radius 1 is 1.40 bits per heavy atom. The van der Waals surface area contributed by atoms with E-state index in [4.69, 9.17) is 9.47 Å². The second kappa shape index (κ2) is 8.64. The number of hydrogen-bond donors (Lipinski definition) is 2. The minimum Gasteiger partial charge on any atom is -0.493 e. The third-order valence-electron chi connectivity index (χ3n) is 3.92. The zero-order chi connectivity index (χ0) is 17.5. The molecule has 1 amide bonds. The van der Waals surface area contributed by atoms with E-state index in [0.717, 1.165) is 25.2 Å². The number of carbonyl (C=O) groups is 1. The van der Waals surface area contributed by atoms with Crippen LogP contribution >= 0.6 is 11.3 Å². The van der Waals surface area contributed by atoms with Crippen LogP contribution in [-0.2, 0) is 6.61 Å². The molecule has 0 spiro atoms. The quantitative estimate of drug-likeness (QED) is 0.743. The molecular formula is C18H21N3O3S. The van der Waals surface area contributed by atoms with Crippen molar-refractivity contribution in [1.82, 2.24) is 15.6 Å². The van der Waals surface area contributed by atoms with Crippen molar-refractivity contribution in [2.24, 2.45) is 0 Å². The van der Waals surface area contributed by atoms with Gasteiger partial charge in [-0.2, -0.15) is 0 Å². The molecule has 25 heavy (non-hydrogen) atoms. The van der Waals surface area contributed by atoms with E-state index in [1.807, 2.05) is 5.38 Å². The molecule has 0 saturated carbocycles. The SMILES string of the molecule is COc1cc(C(=O)NCC2=CCNCC2)ccc1OCc1cscn1. The Balaban J connectivity index is 1.61. The van der Waals surface area contributed by atoms with E-state index in [0.29, 0.717) is 30.2 Å². The average Bonchev–Trinajstić information content (AvgIpc) is 3.18. The van der Waals surface area contributed by atoms with Gasteiger partial charge in [0, 0.05) is 24.0 Å². The molecule has 0 bridgehead atoms. The molecule has 2 aromatic rings. The van der Waals surface area contributed by atoms with E-state index >= 15 is 0 Å². The molecule has 132 valence electrons. The Hall–Kier alpha value is -2.38. The number of thiazole rings is 1. The van der Waals surface area contributed by atoms with Crippen LogP contribution in [0.25, 0.3) is 0 Å². The third kappa shape index (κ3) is 4.80. The van der Waals surface area contributed by atoms with Gasteiger partial charge in [-0.1, -0.05) is 11.6 Å². The molecule has 2 N–H and O–H groups in total. The number of nitrogens with zero attached hydrogens (tertiary/aromatic N) is 1. The van der Waals surface area contributed by atoms with E-state index in [2.05, 4.69) is 21.7 Å². The smallest absolute Gasteiger partial charge is 0.251 e. The molecule has 2 heterocycles. The summed E-state index contributed by atoms with van der Waals surface area (Å²) in [5, 5.41) is 8.14. The van der Waals surface area contributed by atoms with Crippen molar-refractivity contribution in [1.29, 1.82) is 0 Å². The van der Waals surface area contributed by atoms with Crippen molar-refractivity contribution >= 4 is 17.2 Å². The molecule has 1 aliphatic heterocycles. The molecule has 0 atom stereocenters. The molecule has 6 nitrogen and oxygen atoms in total. The van der Waals surface area contributed by atoms with Gasteiger partial charge in [0.2, 0.25) is 0 Å². The van der Waals surface area contributed by atoms with Crippen LogP contribution in [0.15, 0.2) is 40.7 Å². The highest BCUT2D eigenvalue weighted by Gasteiger charge is 2.12. The highest BCUT2D eigenvalue weighted by Crippen LogP contribution is 2.28. The van der Waals surface area contributed by atoms with Crippen LogP contribution in [0.4, 0.5) is 0 Å². The summed E-state index contributed by atoms with van der Waals surface area (Å²) >= 11 is 1.52. The second-order valence-electron chi connectivity index (χ2n) is 5.63. The van der Waals surface area contributed by atoms with Crippen molar-refractivity contribution in [2.45, 2.75) is 13.0 Å². The minimum absolute atomic E-state index is 0.121. The number of carbonyl (C=O) groups excluding carboxylic acids is 1. The zero-order valence-electron chi connectivity index (χ0n) is 14.1. The number of amides is 1. The summed E-state index contributed by atoms with van der Waals surface area (Å²) in [4.78, 5) is 16.5. The summed E-state index contributed by atoms with van der Waals surface area (Å²) in [6.45, 7) is 2.77. The van der Waals surface area contributed by atoms with Gasteiger partial charge in [-0.05, 0) is 31.2 Å². The minimum atomic E-state index is -0.121. The summed E-state index contributed by atoms with van der Waals surface area (Å²) in [6.07, 6.45) is 3.09. The van der Waals surface area contributed by atoms with Gasteiger partial charge in [0.25, 0.3) is 5.91 Å². The summed E-state index contributed by atoms with van der Waals surface area (Å²) < 4.78 is 11.1. The molecule has 1 aliphatic rings. The summed E-state index contributed by atoms with van der Waals surface area (Å²) in [7, 11) is 1.56. The summed E-state index contributed by atoms with van der Waals surface area (Å²) in [5.74, 6) is 1.00. The standard InChI is InChI=1S/C18H21N3O3S/c1-23-17-8-14(18(22)20-9-13-4-6-19-7-5-13)2-3-16(17)24-10-15-11-25-12-21-15/h2-4,8,11-12,19H,5-7,9-10H2,1H3,(H,20,22). The number of methoxy groups -OCH3 is 1. The van der Waals surface area contributed by atoms with Crippen LogP contribution in [0.2, 0.25) is 0 Å². The van der Waals surface area contributed by atoms with Crippen molar-refractivity contribution in [2.75, 3.05) is 26.7 Å². The lowest BCUT2D eigenvalue weighted by molar-refractivity contribution is 0.0956. The fraction of sp³-hybridized carbons (Fsp3) is 0.333. The number of benzene rings is 1. The monoisotopic (exact) mass is 359 g/mol. The zero-order valence-corrected chi connectivity index (χ0v) is 14.9. The maximum atomic E-state index is 12.4. The molecule has 0 unspecified atom stereocenters. The average molecular weight is 359 g/mol. The number of hydrogen-bond acceptors (Lipinski definition) is 6. The van der Waals surface area contributed by atoms with Crippen molar-refractivity contribution < 1.29 is 14.3 Å². The van der Waals surface area contributed by atoms with Gasteiger partial charge in [0.15, 0.2) is 11.5 Å². The lowest BCUT2D eigenvalue weighted by Crippen LogP contribution is -2.29. The normalized spacial score (nSPS) is 13.9. The molecule has 0 saturated heterocycles. The van der Waals surface area contributed by atoms with E-state index < -0.39 is 0 Å². The van der Waals surface area contributed by atoms with Crippen LogP contribution in [-0.4, -0.2) is 37.6 Å². The Bertz CT molecular complexity index is 744. The first-order valence-electron chi connectivity index (χ1n) is 8.11. The molecule has 0 radical (unpaired) electrons. The Labute approximate surface area is 150 Å². The van der Waals surface area contributed by atoms with Crippen molar-refractivity contribution in [3.05, 3.63) is 52.0 Å². The Kier molecular flexibility index (Phi) is 6.03. The Morgan fingerprint density at radius 3 is 3.04 bits per heavy atom. The highest BCUT2D eigenvalue weighted by atomic mass is 32.1. The van der Waals surface area contributed by atoms with Crippen LogP contribution in [0.1, 0.15) is 22.5 Å². The molecule has 1 aromatic carbocycles. The van der Waals surface area contributed by atoms with Gasteiger partial charge in [-0.25, -0.2) is 4.98 Å². The molecule has 0 aliphatic carbocycles. The van der Waals surface area contributed by atoms with Crippen LogP contribution in [0.5, 0.6) is 11.5 Å². The first-order chi connectivity index (χ1) is 12.3. The summed E-state index contributed by atoms with van der Waals surface area (Å²) in [6, 6.07) is 5.19.